The van der Waals surface area contributed by atoms with Crippen molar-refractivity contribution in [2.45, 2.75) is 33.2 Å². The van der Waals surface area contributed by atoms with Crippen molar-refractivity contribution in [1.82, 2.24) is 9.80 Å². The van der Waals surface area contributed by atoms with Gasteiger partial charge in [-0.25, -0.2) is 0 Å². The van der Waals surface area contributed by atoms with Crippen molar-refractivity contribution in [2.75, 3.05) is 40.3 Å². The molecule has 0 aliphatic carbocycles. The molecule has 118 valence electrons. The largest absolute Gasteiger partial charge is 0.329 e. The fourth-order valence-corrected chi connectivity index (χ4v) is 3.60. The van der Waals surface area contributed by atoms with Gasteiger partial charge in [0.15, 0.2) is 0 Å². The number of benzene rings is 1. The Morgan fingerprint density at radius 2 is 1.90 bits per heavy atom. The molecule has 0 bridgehead atoms. The Kier molecular flexibility index (Phi) is 5.42. The van der Waals surface area contributed by atoms with E-state index in [4.69, 9.17) is 5.73 Å². The van der Waals surface area contributed by atoms with Crippen LogP contribution in [-0.2, 0) is 0 Å². The van der Waals surface area contributed by atoms with Gasteiger partial charge < -0.3 is 10.6 Å². The van der Waals surface area contributed by atoms with Gasteiger partial charge in [-0.15, -0.1) is 0 Å². The van der Waals surface area contributed by atoms with E-state index in [1.165, 1.54) is 41.8 Å². The second kappa shape index (κ2) is 6.91. The van der Waals surface area contributed by atoms with E-state index >= 15 is 0 Å². The molecule has 3 heteroatoms. The van der Waals surface area contributed by atoms with Crippen LogP contribution in [0, 0.1) is 26.7 Å². The highest BCUT2D eigenvalue weighted by molar-refractivity contribution is 5.38. The average molecular weight is 289 g/mol. The third-order valence-corrected chi connectivity index (χ3v) is 5.03. The van der Waals surface area contributed by atoms with Gasteiger partial charge in [0, 0.05) is 25.7 Å². The SMILES string of the molecule is Cc1cc(C)c(C(CN)N(C)CC2CCN(C)C2)cc1C. The zero-order valence-corrected chi connectivity index (χ0v) is 14.3. The van der Waals surface area contributed by atoms with Gasteiger partial charge in [-0.05, 0) is 76.0 Å². The molecular weight excluding hydrogens is 258 g/mol. The van der Waals surface area contributed by atoms with Crippen LogP contribution in [0.2, 0.25) is 0 Å². The summed E-state index contributed by atoms with van der Waals surface area (Å²) in [6.07, 6.45) is 1.31. The summed E-state index contributed by atoms with van der Waals surface area (Å²) in [5.41, 5.74) is 11.6. The maximum Gasteiger partial charge on any atom is 0.0470 e. The molecule has 2 unspecified atom stereocenters. The Morgan fingerprint density at radius 3 is 2.48 bits per heavy atom. The standard InChI is InChI=1S/C18H31N3/c1-13-8-15(3)17(9-14(13)2)18(10-19)21(5)12-16-6-7-20(4)11-16/h8-9,16,18H,6-7,10-12,19H2,1-5H3. The number of nitrogens with two attached hydrogens (primary N) is 1. The van der Waals surface area contributed by atoms with Crippen molar-refractivity contribution in [2.24, 2.45) is 11.7 Å². The fourth-order valence-electron chi connectivity index (χ4n) is 3.60. The summed E-state index contributed by atoms with van der Waals surface area (Å²) in [6, 6.07) is 4.96. The minimum Gasteiger partial charge on any atom is -0.329 e. The Morgan fingerprint density at radius 1 is 1.24 bits per heavy atom. The lowest BCUT2D eigenvalue weighted by Crippen LogP contribution is -2.35. The van der Waals surface area contributed by atoms with E-state index in [2.05, 4.69) is 56.8 Å². The van der Waals surface area contributed by atoms with E-state index in [-0.39, 0.29) is 0 Å². The molecule has 0 aromatic heterocycles. The molecular formula is C18H31N3. The van der Waals surface area contributed by atoms with Crippen LogP contribution < -0.4 is 5.73 Å². The third kappa shape index (κ3) is 3.85. The van der Waals surface area contributed by atoms with Crippen molar-refractivity contribution in [3.05, 3.63) is 34.4 Å². The summed E-state index contributed by atoms with van der Waals surface area (Å²) < 4.78 is 0. The van der Waals surface area contributed by atoms with Crippen molar-refractivity contribution in [3.63, 3.8) is 0 Å². The Hall–Kier alpha value is -0.900. The first kappa shape index (κ1) is 16.5. The first-order valence-corrected chi connectivity index (χ1v) is 8.09. The van der Waals surface area contributed by atoms with Crippen LogP contribution in [0.25, 0.3) is 0 Å². The van der Waals surface area contributed by atoms with Crippen molar-refractivity contribution < 1.29 is 0 Å². The topological polar surface area (TPSA) is 32.5 Å². The van der Waals surface area contributed by atoms with E-state index in [9.17, 15) is 0 Å². The molecule has 1 saturated heterocycles. The van der Waals surface area contributed by atoms with Crippen LogP contribution in [0.3, 0.4) is 0 Å². The zero-order chi connectivity index (χ0) is 15.6. The molecule has 1 heterocycles. The number of likely N-dealkylation sites (N-methyl/N-ethyl adjacent to an activating group) is 1. The summed E-state index contributed by atoms with van der Waals surface area (Å²) in [6.45, 7) is 10.9. The lowest BCUT2D eigenvalue weighted by Gasteiger charge is -2.31. The van der Waals surface area contributed by atoms with Crippen LogP contribution in [0.5, 0.6) is 0 Å². The number of rotatable bonds is 5. The molecule has 1 aromatic carbocycles. The summed E-state index contributed by atoms with van der Waals surface area (Å²) in [7, 11) is 4.44. The Bertz CT molecular complexity index is 484. The summed E-state index contributed by atoms with van der Waals surface area (Å²) in [5, 5.41) is 0. The normalized spacial score (nSPS) is 21.2. The molecule has 0 radical (unpaired) electrons. The van der Waals surface area contributed by atoms with E-state index in [1.54, 1.807) is 0 Å². The van der Waals surface area contributed by atoms with E-state index < -0.39 is 0 Å². The van der Waals surface area contributed by atoms with Gasteiger partial charge in [-0.2, -0.15) is 0 Å². The monoisotopic (exact) mass is 289 g/mol. The van der Waals surface area contributed by atoms with Gasteiger partial charge >= 0.3 is 0 Å². The maximum absolute atomic E-state index is 6.11. The molecule has 1 fully saturated rings. The van der Waals surface area contributed by atoms with E-state index in [0.29, 0.717) is 12.6 Å². The molecule has 21 heavy (non-hydrogen) atoms. The second-order valence-corrected chi connectivity index (χ2v) is 6.90. The van der Waals surface area contributed by atoms with E-state index in [1.807, 2.05) is 0 Å². The first-order valence-electron chi connectivity index (χ1n) is 8.09. The summed E-state index contributed by atoms with van der Waals surface area (Å²) >= 11 is 0. The molecule has 1 aliphatic heterocycles. The molecule has 1 aromatic rings. The van der Waals surface area contributed by atoms with Crippen LogP contribution in [-0.4, -0.2) is 50.1 Å². The Labute approximate surface area is 130 Å². The summed E-state index contributed by atoms with van der Waals surface area (Å²) in [4.78, 5) is 4.89. The highest BCUT2D eigenvalue weighted by atomic mass is 15.2. The third-order valence-electron chi connectivity index (χ3n) is 5.03. The molecule has 2 N–H and O–H groups in total. The highest BCUT2D eigenvalue weighted by Crippen LogP contribution is 2.27. The number of hydrogen-bond acceptors (Lipinski definition) is 3. The lowest BCUT2D eigenvalue weighted by atomic mass is 9.94. The van der Waals surface area contributed by atoms with Crippen LogP contribution in [0.15, 0.2) is 12.1 Å². The minimum atomic E-state index is 0.329. The predicted octanol–water partition coefficient (Wildman–Crippen LogP) is 2.50. The maximum atomic E-state index is 6.11. The fraction of sp³-hybridized carbons (Fsp3) is 0.667. The molecule has 3 nitrogen and oxygen atoms in total. The number of hydrogen-bond donors (Lipinski definition) is 1. The minimum absolute atomic E-state index is 0.329. The van der Waals surface area contributed by atoms with Crippen molar-refractivity contribution in [1.29, 1.82) is 0 Å². The molecule has 2 rings (SSSR count). The van der Waals surface area contributed by atoms with Crippen LogP contribution in [0.4, 0.5) is 0 Å². The molecule has 0 spiro atoms. The van der Waals surface area contributed by atoms with Crippen LogP contribution in [0.1, 0.15) is 34.7 Å². The molecule has 0 saturated carbocycles. The van der Waals surface area contributed by atoms with Gasteiger partial charge in [-0.3, -0.25) is 4.90 Å². The van der Waals surface area contributed by atoms with Gasteiger partial charge in [0.2, 0.25) is 0 Å². The number of aryl methyl sites for hydroxylation is 3. The molecule has 2 atom stereocenters. The van der Waals surface area contributed by atoms with Gasteiger partial charge in [0.25, 0.3) is 0 Å². The number of nitrogens with zero attached hydrogens (tertiary/aromatic N) is 2. The molecule has 0 amide bonds. The quantitative estimate of drug-likeness (QED) is 0.904. The first-order chi connectivity index (χ1) is 9.92. The van der Waals surface area contributed by atoms with Gasteiger partial charge in [-0.1, -0.05) is 12.1 Å². The second-order valence-electron chi connectivity index (χ2n) is 6.90. The predicted molar refractivity (Wildman–Crippen MR) is 90.7 cm³/mol. The number of likely N-dealkylation sites (tertiary alicyclic amines) is 1. The van der Waals surface area contributed by atoms with E-state index in [0.717, 1.165) is 12.5 Å². The molecule has 1 aliphatic rings. The van der Waals surface area contributed by atoms with Crippen LogP contribution >= 0.6 is 0 Å². The lowest BCUT2D eigenvalue weighted by molar-refractivity contribution is 0.211. The highest BCUT2D eigenvalue weighted by Gasteiger charge is 2.25. The average Bonchev–Trinajstić information content (AvgIpc) is 2.81. The smallest absolute Gasteiger partial charge is 0.0470 e. The van der Waals surface area contributed by atoms with Gasteiger partial charge in [0.1, 0.15) is 0 Å². The van der Waals surface area contributed by atoms with Gasteiger partial charge in [0.05, 0.1) is 0 Å². The zero-order valence-electron chi connectivity index (χ0n) is 14.3. The van der Waals surface area contributed by atoms with Crippen molar-refractivity contribution in [3.8, 4) is 0 Å². The van der Waals surface area contributed by atoms with Crippen molar-refractivity contribution >= 4 is 0 Å². The summed E-state index contributed by atoms with van der Waals surface area (Å²) in [5.74, 6) is 0.779. The Balaban J connectivity index is 2.13.